The molecule has 104 valence electrons. The molecule has 0 saturated heterocycles. The van der Waals surface area contributed by atoms with Gasteiger partial charge in [0.25, 0.3) is 0 Å². The van der Waals surface area contributed by atoms with Crippen LogP contribution in [0.1, 0.15) is 0 Å². The van der Waals surface area contributed by atoms with Crippen LogP contribution >= 0.6 is 0 Å². The third-order valence-electron chi connectivity index (χ3n) is 2.64. The lowest BCUT2D eigenvalue weighted by atomic mass is 10.3. The van der Waals surface area contributed by atoms with Crippen molar-refractivity contribution in [3.8, 4) is 0 Å². The highest BCUT2D eigenvalue weighted by Gasteiger charge is 2.19. The number of rotatable bonds is 4. The van der Waals surface area contributed by atoms with E-state index in [4.69, 9.17) is 0 Å². The number of hydrogen-bond donors (Lipinski definition) is 0. The number of hydrogen-bond acceptors (Lipinski definition) is 5. The molecule has 0 atom stereocenters. The first-order valence-corrected chi connectivity index (χ1v) is 9.47. The van der Waals surface area contributed by atoms with Crippen LogP contribution in [0.5, 0.6) is 0 Å². The van der Waals surface area contributed by atoms with E-state index in [1.807, 2.05) is 0 Å². The van der Waals surface area contributed by atoms with Gasteiger partial charge in [-0.15, -0.1) is 0 Å². The van der Waals surface area contributed by atoms with Gasteiger partial charge in [-0.25, -0.2) is 21.8 Å². The maximum Gasteiger partial charge on any atom is 0.228 e. The fraction of sp³-hybridized carbons (Fsp3) is 0.364. The van der Waals surface area contributed by atoms with E-state index in [2.05, 4.69) is 4.98 Å². The van der Waals surface area contributed by atoms with Gasteiger partial charge < -0.3 is 4.57 Å². The van der Waals surface area contributed by atoms with Crippen LogP contribution in [0.3, 0.4) is 0 Å². The van der Waals surface area contributed by atoms with Crippen LogP contribution in [-0.4, -0.2) is 44.7 Å². The summed E-state index contributed by atoms with van der Waals surface area (Å²) in [5.74, 6) is -0.129. The monoisotopic (exact) mass is 302 g/mol. The summed E-state index contributed by atoms with van der Waals surface area (Å²) >= 11 is 0. The largest absolute Gasteiger partial charge is 0.314 e. The Bertz CT molecular complexity index is 819. The summed E-state index contributed by atoms with van der Waals surface area (Å²) in [7, 11) is -6.68. The second-order valence-electron chi connectivity index (χ2n) is 4.44. The van der Waals surface area contributed by atoms with Crippen LogP contribution in [-0.2, 0) is 26.2 Å². The van der Waals surface area contributed by atoms with E-state index in [-0.39, 0.29) is 17.5 Å². The quantitative estimate of drug-likeness (QED) is 0.820. The molecule has 0 aliphatic carbocycles. The average molecular weight is 302 g/mol. The fourth-order valence-corrected chi connectivity index (χ4v) is 3.18. The predicted molar refractivity (Wildman–Crippen MR) is 72.6 cm³/mol. The molecular formula is C11H14N2O4S2. The first-order valence-electron chi connectivity index (χ1n) is 5.51. The van der Waals surface area contributed by atoms with E-state index in [1.165, 1.54) is 4.57 Å². The van der Waals surface area contributed by atoms with Crippen LogP contribution in [0.15, 0.2) is 29.4 Å². The van der Waals surface area contributed by atoms with Crippen LogP contribution in [0.4, 0.5) is 0 Å². The van der Waals surface area contributed by atoms with Crippen LogP contribution in [0, 0.1) is 0 Å². The molecule has 0 fully saturated rings. The number of imidazole rings is 1. The number of aromatic nitrogens is 2. The molecule has 6 nitrogen and oxygen atoms in total. The fourth-order valence-electron chi connectivity index (χ4n) is 1.81. The SMILES string of the molecule is CS(=O)(=O)CCn1c(S(C)(=O)=O)nc2ccccc21. The molecule has 0 unspecified atom stereocenters. The second-order valence-corrected chi connectivity index (χ2v) is 8.61. The van der Waals surface area contributed by atoms with Gasteiger partial charge in [0, 0.05) is 19.1 Å². The van der Waals surface area contributed by atoms with Crippen molar-refractivity contribution in [2.75, 3.05) is 18.3 Å². The molecule has 8 heteroatoms. The van der Waals surface area contributed by atoms with Crippen molar-refractivity contribution >= 4 is 30.7 Å². The van der Waals surface area contributed by atoms with Gasteiger partial charge in [-0.2, -0.15) is 0 Å². The summed E-state index contributed by atoms with van der Waals surface area (Å²) in [6.45, 7) is 0.0712. The van der Waals surface area contributed by atoms with E-state index >= 15 is 0 Å². The molecular weight excluding hydrogens is 288 g/mol. The average Bonchev–Trinajstić information content (AvgIpc) is 2.63. The minimum atomic E-state index is -3.51. The predicted octanol–water partition coefficient (Wildman–Crippen LogP) is 0.484. The molecule has 0 saturated carbocycles. The summed E-state index contributed by atoms with van der Waals surface area (Å²) in [4.78, 5) is 4.06. The molecule has 0 spiro atoms. The molecule has 0 bridgehead atoms. The van der Waals surface area contributed by atoms with Crippen molar-refractivity contribution < 1.29 is 16.8 Å². The normalized spacial score (nSPS) is 12.9. The molecule has 1 heterocycles. The molecule has 2 aromatic rings. The standard InChI is InChI=1S/C11H14N2O4S2/c1-18(14,15)8-7-13-10-6-4-3-5-9(10)12-11(13)19(2,16)17/h3-6H,7-8H2,1-2H3. The summed E-state index contributed by atoms with van der Waals surface area (Å²) < 4.78 is 47.3. The Balaban J connectivity index is 2.62. The Kier molecular flexibility index (Phi) is 3.40. The molecule has 0 N–H and O–H groups in total. The summed E-state index contributed by atoms with van der Waals surface area (Å²) in [6.07, 6.45) is 2.18. The van der Waals surface area contributed by atoms with Gasteiger partial charge in [0.2, 0.25) is 15.0 Å². The zero-order chi connectivity index (χ0) is 14.3. The molecule has 0 aliphatic heterocycles. The number of aryl methyl sites for hydroxylation is 1. The molecule has 1 aromatic heterocycles. The van der Waals surface area contributed by atoms with E-state index in [0.717, 1.165) is 12.5 Å². The number of sulfone groups is 2. The van der Waals surface area contributed by atoms with Gasteiger partial charge in [-0.3, -0.25) is 0 Å². The van der Waals surface area contributed by atoms with E-state index in [0.29, 0.717) is 11.0 Å². The number of benzene rings is 1. The van der Waals surface area contributed by atoms with Crippen molar-refractivity contribution in [1.29, 1.82) is 0 Å². The lowest BCUT2D eigenvalue weighted by Crippen LogP contribution is -2.15. The lowest BCUT2D eigenvalue weighted by Gasteiger charge is -2.06. The van der Waals surface area contributed by atoms with Gasteiger partial charge in [-0.05, 0) is 12.1 Å². The Morgan fingerprint density at radius 3 is 2.32 bits per heavy atom. The van der Waals surface area contributed by atoms with Crippen molar-refractivity contribution in [2.45, 2.75) is 11.7 Å². The highest BCUT2D eigenvalue weighted by atomic mass is 32.2. The number of para-hydroxylation sites is 2. The molecule has 1 aromatic carbocycles. The Morgan fingerprint density at radius 2 is 1.74 bits per heavy atom. The minimum Gasteiger partial charge on any atom is -0.314 e. The number of fused-ring (bicyclic) bond motifs is 1. The van der Waals surface area contributed by atoms with E-state index in [9.17, 15) is 16.8 Å². The third kappa shape index (κ3) is 3.13. The lowest BCUT2D eigenvalue weighted by molar-refractivity contribution is 0.570. The van der Waals surface area contributed by atoms with Gasteiger partial charge >= 0.3 is 0 Å². The molecule has 19 heavy (non-hydrogen) atoms. The van der Waals surface area contributed by atoms with Crippen molar-refractivity contribution in [1.82, 2.24) is 9.55 Å². The first-order chi connectivity index (χ1) is 8.68. The second kappa shape index (κ2) is 4.61. The maximum absolute atomic E-state index is 11.7. The zero-order valence-corrected chi connectivity index (χ0v) is 12.2. The molecule has 0 radical (unpaired) electrons. The van der Waals surface area contributed by atoms with Crippen molar-refractivity contribution in [3.63, 3.8) is 0 Å². The Morgan fingerprint density at radius 1 is 1.11 bits per heavy atom. The first kappa shape index (κ1) is 14.0. The van der Waals surface area contributed by atoms with Gasteiger partial charge in [0.15, 0.2) is 0 Å². The van der Waals surface area contributed by atoms with E-state index < -0.39 is 19.7 Å². The van der Waals surface area contributed by atoms with Gasteiger partial charge in [0.1, 0.15) is 9.84 Å². The summed E-state index contributed by atoms with van der Waals surface area (Å²) in [5.41, 5.74) is 1.16. The summed E-state index contributed by atoms with van der Waals surface area (Å²) in [6, 6.07) is 6.93. The highest BCUT2D eigenvalue weighted by molar-refractivity contribution is 7.90. The topological polar surface area (TPSA) is 86.1 Å². The Hall–Kier alpha value is -1.41. The maximum atomic E-state index is 11.7. The Labute approximate surface area is 111 Å². The summed E-state index contributed by atoms with van der Waals surface area (Å²) in [5, 5.41) is -0.0997. The van der Waals surface area contributed by atoms with Crippen molar-refractivity contribution in [3.05, 3.63) is 24.3 Å². The minimum absolute atomic E-state index is 0.0712. The zero-order valence-electron chi connectivity index (χ0n) is 10.6. The smallest absolute Gasteiger partial charge is 0.228 e. The van der Waals surface area contributed by atoms with Crippen LogP contribution < -0.4 is 0 Å². The third-order valence-corrected chi connectivity index (χ3v) is 4.54. The van der Waals surface area contributed by atoms with Gasteiger partial charge in [0.05, 0.1) is 16.8 Å². The number of nitrogens with zero attached hydrogens (tertiary/aromatic N) is 2. The van der Waals surface area contributed by atoms with E-state index in [1.54, 1.807) is 24.3 Å². The molecule has 2 rings (SSSR count). The van der Waals surface area contributed by atoms with Crippen molar-refractivity contribution in [2.24, 2.45) is 0 Å². The molecule has 0 aliphatic rings. The van der Waals surface area contributed by atoms with Crippen LogP contribution in [0.25, 0.3) is 11.0 Å². The van der Waals surface area contributed by atoms with Crippen LogP contribution in [0.2, 0.25) is 0 Å². The van der Waals surface area contributed by atoms with Gasteiger partial charge in [-0.1, -0.05) is 12.1 Å². The molecule has 0 amide bonds. The highest BCUT2D eigenvalue weighted by Crippen LogP contribution is 2.19.